The second-order valence-corrected chi connectivity index (χ2v) is 6.83. The van der Waals surface area contributed by atoms with Crippen molar-refractivity contribution in [2.75, 3.05) is 19.7 Å². The highest BCUT2D eigenvalue weighted by Gasteiger charge is 2.21. The number of hydrogen-bond acceptors (Lipinski definition) is 2. The van der Waals surface area contributed by atoms with E-state index < -0.39 is 0 Å². The third kappa shape index (κ3) is 4.12. The molecule has 1 aliphatic rings. The lowest BCUT2D eigenvalue weighted by molar-refractivity contribution is 0.212. The van der Waals surface area contributed by atoms with E-state index in [1.165, 1.54) is 18.4 Å². The summed E-state index contributed by atoms with van der Waals surface area (Å²) in [6.07, 6.45) is 2.41. The summed E-state index contributed by atoms with van der Waals surface area (Å²) in [4.78, 5) is 0. The predicted molar refractivity (Wildman–Crippen MR) is 81.2 cm³/mol. The van der Waals surface area contributed by atoms with Crippen LogP contribution in [-0.2, 0) is 5.41 Å². The van der Waals surface area contributed by atoms with E-state index in [2.05, 4.69) is 26.1 Å². The van der Waals surface area contributed by atoms with E-state index in [1.807, 2.05) is 18.2 Å². The molecule has 0 bridgehead atoms. The average Bonchev–Trinajstić information content (AvgIpc) is 2.37. The van der Waals surface area contributed by atoms with Crippen LogP contribution in [0.5, 0.6) is 5.75 Å². The fourth-order valence-corrected chi connectivity index (χ4v) is 2.64. The van der Waals surface area contributed by atoms with Crippen molar-refractivity contribution in [3.05, 3.63) is 28.8 Å². The van der Waals surface area contributed by atoms with Gasteiger partial charge in [0.2, 0.25) is 0 Å². The number of piperidine rings is 1. The van der Waals surface area contributed by atoms with Crippen LogP contribution < -0.4 is 10.1 Å². The zero-order valence-electron chi connectivity index (χ0n) is 12.1. The number of rotatable bonds is 3. The molecule has 1 heterocycles. The molecule has 1 aromatic carbocycles. The third-order valence-electron chi connectivity index (χ3n) is 3.68. The number of halogens is 1. The van der Waals surface area contributed by atoms with Crippen LogP contribution in [0.3, 0.4) is 0 Å². The topological polar surface area (TPSA) is 21.3 Å². The third-order valence-corrected chi connectivity index (χ3v) is 3.92. The smallest absolute Gasteiger partial charge is 0.123 e. The van der Waals surface area contributed by atoms with Gasteiger partial charge in [-0.25, -0.2) is 0 Å². The van der Waals surface area contributed by atoms with Crippen LogP contribution in [0.2, 0.25) is 5.02 Å². The zero-order valence-corrected chi connectivity index (χ0v) is 12.9. The maximum Gasteiger partial charge on any atom is 0.123 e. The molecule has 2 rings (SSSR count). The molecule has 0 amide bonds. The second kappa shape index (κ2) is 6.15. The van der Waals surface area contributed by atoms with Gasteiger partial charge in [-0.15, -0.1) is 0 Å². The van der Waals surface area contributed by atoms with Crippen LogP contribution in [0.25, 0.3) is 0 Å². The molecule has 1 fully saturated rings. The number of benzene rings is 1. The molecule has 1 saturated heterocycles. The summed E-state index contributed by atoms with van der Waals surface area (Å²) in [6.45, 7) is 9.61. The Hall–Kier alpha value is -0.730. The summed E-state index contributed by atoms with van der Waals surface area (Å²) in [6, 6.07) is 5.94. The van der Waals surface area contributed by atoms with E-state index in [0.717, 1.165) is 30.5 Å². The van der Waals surface area contributed by atoms with Crippen LogP contribution in [0.1, 0.15) is 39.2 Å². The maximum atomic E-state index is 6.11. The second-order valence-electron chi connectivity index (χ2n) is 6.39. The van der Waals surface area contributed by atoms with Crippen LogP contribution in [0, 0.1) is 5.92 Å². The summed E-state index contributed by atoms with van der Waals surface area (Å²) in [5.74, 6) is 1.65. The Bertz CT molecular complexity index is 419. The molecule has 106 valence electrons. The lowest BCUT2D eigenvalue weighted by atomic mass is 9.86. The molecule has 0 aromatic heterocycles. The van der Waals surface area contributed by atoms with Crippen molar-refractivity contribution in [2.24, 2.45) is 5.92 Å². The quantitative estimate of drug-likeness (QED) is 0.904. The van der Waals surface area contributed by atoms with E-state index >= 15 is 0 Å². The highest BCUT2D eigenvalue weighted by Crippen LogP contribution is 2.34. The van der Waals surface area contributed by atoms with Gasteiger partial charge in [0.15, 0.2) is 0 Å². The normalized spacial score (nSPS) is 17.5. The minimum Gasteiger partial charge on any atom is -0.493 e. The summed E-state index contributed by atoms with van der Waals surface area (Å²) < 4.78 is 6.07. The van der Waals surface area contributed by atoms with Crippen LogP contribution in [0.4, 0.5) is 0 Å². The Morgan fingerprint density at radius 1 is 1.26 bits per heavy atom. The van der Waals surface area contributed by atoms with Crippen LogP contribution >= 0.6 is 11.6 Å². The average molecular weight is 282 g/mol. The van der Waals surface area contributed by atoms with Crippen LogP contribution in [0.15, 0.2) is 18.2 Å². The largest absolute Gasteiger partial charge is 0.493 e. The van der Waals surface area contributed by atoms with Gasteiger partial charge in [0, 0.05) is 10.6 Å². The molecule has 2 nitrogen and oxygen atoms in total. The van der Waals surface area contributed by atoms with Crippen molar-refractivity contribution >= 4 is 11.6 Å². The Morgan fingerprint density at radius 2 is 1.95 bits per heavy atom. The van der Waals surface area contributed by atoms with Crippen molar-refractivity contribution in [2.45, 2.75) is 39.0 Å². The van der Waals surface area contributed by atoms with Gasteiger partial charge in [0.1, 0.15) is 5.75 Å². The molecule has 19 heavy (non-hydrogen) atoms. The SMILES string of the molecule is CC(C)(C)c1cc(Cl)ccc1OCC1CCNCC1. The number of nitrogens with one attached hydrogen (secondary N) is 1. The molecule has 1 aromatic rings. The standard InChI is InChI=1S/C16H24ClNO/c1-16(2,3)14-10-13(17)4-5-15(14)19-11-12-6-8-18-9-7-12/h4-5,10,12,18H,6-9,11H2,1-3H3. The van der Waals surface area contributed by atoms with Gasteiger partial charge in [-0.3, -0.25) is 0 Å². The highest BCUT2D eigenvalue weighted by atomic mass is 35.5. The van der Waals surface area contributed by atoms with Crippen molar-refractivity contribution in [1.29, 1.82) is 0 Å². The molecule has 0 aliphatic carbocycles. The van der Waals surface area contributed by atoms with E-state index in [4.69, 9.17) is 16.3 Å². The van der Waals surface area contributed by atoms with Crippen molar-refractivity contribution in [3.8, 4) is 5.75 Å². The minimum absolute atomic E-state index is 0.0500. The van der Waals surface area contributed by atoms with Crippen LogP contribution in [-0.4, -0.2) is 19.7 Å². The van der Waals surface area contributed by atoms with E-state index in [0.29, 0.717) is 5.92 Å². The van der Waals surface area contributed by atoms with Gasteiger partial charge in [-0.2, -0.15) is 0 Å². The molecule has 1 aliphatic heterocycles. The number of hydrogen-bond donors (Lipinski definition) is 1. The molecule has 0 radical (unpaired) electrons. The van der Waals surface area contributed by atoms with E-state index in [9.17, 15) is 0 Å². The Kier molecular flexibility index (Phi) is 4.75. The Balaban J connectivity index is 2.06. The molecular formula is C16H24ClNO. The molecule has 0 saturated carbocycles. The first-order valence-electron chi connectivity index (χ1n) is 7.10. The minimum atomic E-state index is 0.0500. The Labute approximate surface area is 121 Å². The monoisotopic (exact) mass is 281 g/mol. The number of ether oxygens (including phenoxy) is 1. The fourth-order valence-electron chi connectivity index (χ4n) is 2.47. The summed E-state index contributed by atoms with van der Waals surface area (Å²) in [7, 11) is 0. The van der Waals surface area contributed by atoms with Crippen molar-refractivity contribution in [3.63, 3.8) is 0 Å². The lowest BCUT2D eigenvalue weighted by Gasteiger charge is -2.26. The first-order chi connectivity index (χ1) is 8.97. The highest BCUT2D eigenvalue weighted by molar-refractivity contribution is 6.30. The maximum absolute atomic E-state index is 6.11. The summed E-state index contributed by atoms with van der Waals surface area (Å²) >= 11 is 6.11. The molecular weight excluding hydrogens is 258 g/mol. The molecule has 1 N–H and O–H groups in total. The molecule has 3 heteroatoms. The van der Waals surface area contributed by atoms with Gasteiger partial charge < -0.3 is 10.1 Å². The van der Waals surface area contributed by atoms with E-state index in [-0.39, 0.29) is 5.41 Å². The van der Waals surface area contributed by atoms with Gasteiger partial charge in [0.05, 0.1) is 6.61 Å². The van der Waals surface area contributed by atoms with Gasteiger partial charge in [0.25, 0.3) is 0 Å². The zero-order chi connectivity index (χ0) is 13.9. The van der Waals surface area contributed by atoms with Crippen molar-refractivity contribution in [1.82, 2.24) is 5.32 Å². The lowest BCUT2D eigenvalue weighted by Crippen LogP contribution is -2.30. The Morgan fingerprint density at radius 3 is 2.58 bits per heavy atom. The van der Waals surface area contributed by atoms with E-state index in [1.54, 1.807) is 0 Å². The molecule has 0 spiro atoms. The fraction of sp³-hybridized carbons (Fsp3) is 0.625. The molecule has 0 atom stereocenters. The van der Waals surface area contributed by atoms with Gasteiger partial charge in [-0.1, -0.05) is 32.4 Å². The van der Waals surface area contributed by atoms with Gasteiger partial charge >= 0.3 is 0 Å². The predicted octanol–water partition coefficient (Wildman–Crippen LogP) is 4.02. The molecule has 0 unspecified atom stereocenters. The van der Waals surface area contributed by atoms with Gasteiger partial charge in [-0.05, 0) is 55.5 Å². The van der Waals surface area contributed by atoms with Crippen molar-refractivity contribution < 1.29 is 4.74 Å². The summed E-state index contributed by atoms with van der Waals surface area (Å²) in [5, 5.41) is 4.16. The first kappa shape index (κ1) is 14.7. The first-order valence-corrected chi connectivity index (χ1v) is 7.48. The summed E-state index contributed by atoms with van der Waals surface area (Å²) in [5.41, 5.74) is 1.24.